The van der Waals surface area contributed by atoms with Gasteiger partial charge in [-0.1, -0.05) is 6.92 Å². The quantitative estimate of drug-likeness (QED) is 0.656. The van der Waals surface area contributed by atoms with Gasteiger partial charge in [-0.05, 0) is 12.8 Å². The summed E-state index contributed by atoms with van der Waals surface area (Å²) in [6.07, 6.45) is 1.26. The molecule has 0 aliphatic heterocycles. The first-order valence-electron chi connectivity index (χ1n) is 4.75. The van der Waals surface area contributed by atoms with Gasteiger partial charge in [0.25, 0.3) is 10.2 Å². The summed E-state index contributed by atoms with van der Waals surface area (Å²) >= 11 is 0. The van der Waals surface area contributed by atoms with Crippen molar-refractivity contribution in [2.24, 2.45) is 0 Å². The summed E-state index contributed by atoms with van der Waals surface area (Å²) in [6, 6.07) is 0. The fourth-order valence-electron chi connectivity index (χ4n) is 1.08. The first-order valence-corrected chi connectivity index (χ1v) is 6.15. The third kappa shape index (κ3) is 3.91. The monoisotopic (exact) mass is 224 g/mol. The highest BCUT2D eigenvalue weighted by Gasteiger charge is 2.21. The molecule has 0 bridgehead atoms. The molecule has 0 spiro atoms. The predicted octanol–water partition coefficient (Wildman–Crippen LogP) is -0.113. The molecule has 0 amide bonds. The molecule has 0 aromatic rings. The molecule has 0 saturated carbocycles. The SMILES string of the molecule is CCCN(C)S(=O)(=O)N(C)CCCO. The third-order valence-corrected chi connectivity index (χ3v) is 3.90. The van der Waals surface area contributed by atoms with Gasteiger partial charge in [0.05, 0.1) is 0 Å². The van der Waals surface area contributed by atoms with Gasteiger partial charge in [0.15, 0.2) is 0 Å². The van der Waals surface area contributed by atoms with E-state index in [1.54, 1.807) is 7.05 Å². The number of aliphatic hydroxyl groups is 1. The van der Waals surface area contributed by atoms with Crippen molar-refractivity contribution in [3.8, 4) is 0 Å². The number of rotatable bonds is 7. The molecule has 0 saturated heterocycles. The molecule has 0 unspecified atom stereocenters. The molecule has 0 aliphatic carbocycles. The Bertz CT molecular complexity index is 241. The topological polar surface area (TPSA) is 60.9 Å². The first kappa shape index (κ1) is 13.8. The minimum atomic E-state index is -3.32. The highest BCUT2D eigenvalue weighted by Crippen LogP contribution is 2.04. The largest absolute Gasteiger partial charge is 0.396 e. The van der Waals surface area contributed by atoms with Crippen LogP contribution in [0.5, 0.6) is 0 Å². The van der Waals surface area contributed by atoms with E-state index in [2.05, 4.69) is 0 Å². The second kappa shape index (κ2) is 6.34. The molecule has 0 rings (SSSR count). The lowest BCUT2D eigenvalue weighted by Gasteiger charge is -2.23. The molecule has 0 aromatic carbocycles. The Morgan fingerprint density at radius 3 is 2.07 bits per heavy atom. The minimum Gasteiger partial charge on any atom is -0.396 e. The lowest BCUT2D eigenvalue weighted by atomic mass is 10.5. The Kier molecular flexibility index (Phi) is 6.26. The van der Waals surface area contributed by atoms with Gasteiger partial charge < -0.3 is 5.11 Å². The molecule has 0 aliphatic rings. The van der Waals surface area contributed by atoms with E-state index in [1.165, 1.54) is 15.7 Å². The first-order chi connectivity index (χ1) is 6.46. The van der Waals surface area contributed by atoms with Crippen molar-refractivity contribution in [1.82, 2.24) is 8.61 Å². The van der Waals surface area contributed by atoms with Crippen LogP contribution in [0.25, 0.3) is 0 Å². The van der Waals surface area contributed by atoms with Gasteiger partial charge in [0.1, 0.15) is 0 Å². The average molecular weight is 224 g/mol. The van der Waals surface area contributed by atoms with Crippen LogP contribution in [0.3, 0.4) is 0 Å². The number of aliphatic hydroxyl groups excluding tert-OH is 1. The lowest BCUT2D eigenvalue weighted by Crippen LogP contribution is -2.40. The van der Waals surface area contributed by atoms with Crippen LogP contribution in [0.4, 0.5) is 0 Å². The fraction of sp³-hybridized carbons (Fsp3) is 1.00. The molecule has 0 aromatic heterocycles. The van der Waals surface area contributed by atoms with E-state index in [-0.39, 0.29) is 6.61 Å². The normalized spacial score (nSPS) is 12.7. The van der Waals surface area contributed by atoms with E-state index in [0.717, 1.165) is 6.42 Å². The molecule has 6 heteroatoms. The van der Waals surface area contributed by atoms with E-state index in [1.807, 2.05) is 6.92 Å². The molecule has 86 valence electrons. The zero-order valence-corrected chi connectivity index (χ0v) is 9.92. The van der Waals surface area contributed by atoms with Gasteiger partial charge in [0.2, 0.25) is 0 Å². The van der Waals surface area contributed by atoms with Crippen molar-refractivity contribution in [3.05, 3.63) is 0 Å². The van der Waals surface area contributed by atoms with Crippen LogP contribution >= 0.6 is 0 Å². The van der Waals surface area contributed by atoms with Gasteiger partial charge in [-0.2, -0.15) is 17.0 Å². The molecule has 0 heterocycles. The molecule has 0 radical (unpaired) electrons. The average Bonchev–Trinajstić information content (AvgIpc) is 2.14. The smallest absolute Gasteiger partial charge is 0.281 e. The van der Waals surface area contributed by atoms with Crippen LogP contribution in [0.1, 0.15) is 19.8 Å². The van der Waals surface area contributed by atoms with E-state index in [0.29, 0.717) is 19.5 Å². The molecule has 5 nitrogen and oxygen atoms in total. The standard InChI is InChI=1S/C8H20N2O3S/c1-4-6-9(2)14(12,13)10(3)7-5-8-11/h11H,4-8H2,1-3H3. The minimum absolute atomic E-state index is 0.0113. The summed E-state index contributed by atoms with van der Waals surface area (Å²) in [4.78, 5) is 0. The van der Waals surface area contributed by atoms with Gasteiger partial charge in [-0.15, -0.1) is 0 Å². The Balaban J connectivity index is 4.29. The summed E-state index contributed by atoms with van der Waals surface area (Å²) in [6.45, 7) is 2.82. The zero-order valence-electron chi connectivity index (χ0n) is 9.10. The van der Waals surface area contributed by atoms with E-state index < -0.39 is 10.2 Å². The van der Waals surface area contributed by atoms with Crippen LogP contribution in [0.15, 0.2) is 0 Å². The second-order valence-electron chi connectivity index (χ2n) is 3.23. The van der Waals surface area contributed by atoms with Crippen LogP contribution in [0, 0.1) is 0 Å². The summed E-state index contributed by atoms with van der Waals surface area (Å²) in [5.41, 5.74) is 0. The zero-order chi connectivity index (χ0) is 11.2. The molecular formula is C8H20N2O3S. The Labute approximate surface area is 86.5 Å². The van der Waals surface area contributed by atoms with Crippen LogP contribution in [-0.4, -0.2) is 55.9 Å². The summed E-state index contributed by atoms with van der Waals surface area (Å²) in [5.74, 6) is 0. The summed E-state index contributed by atoms with van der Waals surface area (Å²) in [7, 11) is -0.229. The number of hydrogen-bond donors (Lipinski definition) is 1. The number of nitrogens with zero attached hydrogens (tertiary/aromatic N) is 2. The maximum Gasteiger partial charge on any atom is 0.281 e. The van der Waals surface area contributed by atoms with Gasteiger partial charge >= 0.3 is 0 Å². The second-order valence-corrected chi connectivity index (χ2v) is 5.37. The maximum atomic E-state index is 11.7. The van der Waals surface area contributed by atoms with Crippen molar-refractivity contribution in [2.45, 2.75) is 19.8 Å². The highest BCUT2D eigenvalue weighted by molar-refractivity contribution is 7.86. The molecule has 1 N–H and O–H groups in total. The van der Waals surface area contributed by atoms with Gasteiger partial charge in [0, 0.05) is 33.8 Å². The maximum absolute atomic E-state index is 11.7. The Morgan fingerprint density at radius 1 is 1.14 bits per heavy atom. The third-order valence-electron chi connectivity index (χ3n) is 1.96. The molecule has 0 fully saturated rings. The van der Waals surface area contributed by atoms with Crippen LogP contribution in [0.2, 0.25) is 0 Å². The summed E-state index contributed by atoms with van der Waals surface area (Å²) < 4.78 is 26.0. The Hall–Kier alpha value is -0.170. The van der Waals surface area contributed by atoms with Crippen LogP contribution < -0.4 is 0 Å². The lowest BCUT2D eigenvalue weighted by molar-refractivity contribution is 0.272. The van der Waals surface area contributed by atoms with Crippen molar-refractivity contribution in [1.29, 1.82) is 0 Å². The highest BCUT2D eigenvalue weighted by atomic mass is 32.2. The van der Waals surface area contributed by atoms with Crippen molar-refractivity contribution in [3.63, 3.8) is 0 Å². The Morgan fingerprint density at radius 2 is 1.64 bits per heavy atom. The van der Waals surface area contributed by atoms with E-state index in [9.17, 15) is 8.42 Å². The van der Waals surface area contributed by atoms with Crippen molar-refractivity contribution in [2.75, 3.05) is 33.8 Å². The predicted molar refractivity (Wildman–Crippen MR) is 56.2 cm³/mol. The molecule has 14 heavy (non-hydrogen) atoms. The van der Waals surface area contributed by atoms with E-state index in [4.69, 9.17) is 5.11 Å². The van der Waals surface area contributed by atoms with Crippen LogP contribution in [-0.2, 0) is 10.2 Å². The summed E-state index contributed by atoms with van der Waals surface area (Å²) in [5, 5.41) is 8.59. The molecular weight excluding hydrogens is 204 g/mol. The van der Waals surface area contributed by atoms with Gasteiger partial charge in [-0.3, -0.25) is 0 Å². The van der Waals surface area contributed by atoms with Crippen molar-refractivity contribution >= 4 is 10.2 Å². The van der Waals surface area contributed by atoms with Gasteiger partial charge in [-0.25, -0.2) is 0 Å². The fourth-order valence-corrected chi connectivity index (χ4v) is 2.33. The van der Waals surface area contributed by atoms with Crippen molar-refractivity contribution < 1.29 is 13.5 Å². The number of hydrogen-bond acceptors (Lipinski definition) is 3. The van der Waals surface area contributed by atoms with E-state index >= 15 is 0 Å². The molecule has 0 atom stereocenters.